The Kier molecular flexibility index (Phi) is 3.93. The molecule has 104 valence electrons. The third-order valence-electron chi connectivity index (χ3n) is 4.01. The highest BCUT2D eigenvalue weighted by Crippen LogP contribution is 2.58. The maximum absolute atomic E-state index is 11.9. The Morgan fingerprint density at radius 2 is 2.06 bits per heavy atom. The second-order valence-electron chi connectivity index (χ2n) is 5.38. The van der Waals surface area contributed by atoms with Gasteiger partial charge in [0.25, 0.3) is 0 Å². The van der Waals surface area contributed by atoms with Crippen LogP contribution in [0.1, 0.15) is 25.7 Å². The van der Waals surface area contributed by atoms with Crippen molar-refractivity contribution in [3.63, 3.8) is 0 Å². The maximum atomic E-state index is 11.9. The number of sulfonamides is 1. The van der Waals surface area contributed by atoms with Crippen LogP contribution in [-0.4, -0.2) is 39.7 Å². The summed E-state index contributed by atoms with van der Waals surface area (Å²) in [6, 6.07) is 0. The van der Waals surface area contributed by atoms with Crippen molar-refractivity contribution in [3.05, 3.63) is 0 Å². The molecule has 1 saturated carbocycles. The predicted octanol–water partition coefficient (Wildman–Crippen LogP) is -0.829. The first-order chi connectivity index (χ1) is 8.43. The molecule has 1 unspecified atom stereocenters. The molecule has 0 aromatic rings. The molecule has 1 spiro atoms. The molecule has 4 N–H and O–H groups in total. The molecule has 18 heavy (non-hydrogen) atoms. The van der Waals surface area contributed by atoms with Crippen LogP contribution in [0.4, 0.5) is 0 Å². The van der Waals surface area contributed by atoms with Crippen molar-refractivity contribution in [2.75, 3.05) is 25.4 Å². The van der Waals surface area contributed by atoms with E-state index in [1.54, 1.807) is 0 Å². The summed E-state index contributed by atoms with van der Waals surface area (Å²) >= 11 is 0. The van der Waals surface area contributed by atoms with E-state index in [4.69, 9.17) is 5.14 Å². The summed E-state index contributed by atoms with van der Waals surface area (Å²) in [6.07, 6.45) is 3.51. The van der Waals surface area contributed by atoms with Crippen LogP contribution in [0.5, 0.6) is 0 Å². The molecule has 0 bridgehead atoms. The SMILES string of the molecule is NS(=O)(=O)CCCNC(=O)C1CC12CCNCC2. The zero-order valence-corrected chi connectivity index (χ0v) is 11.3. The Balaban J connectivity index is 1.67. The molecule has 0 radical (unpaired) electrons. The molecular formula is C11H21N3O3S. The van der Waals surface area contributed by atoms with Crippen molar-refractivity contribution < 1.29 is 13.2 Å². The maximum Gasteiger partial charge on any atom is 0.223 e. The molecule has 1 atom stereocenters. The van der Waals surface area contributed by atoms with Crippen LogP contribution in [0.2, 0.25) is 0 Å². The van der Waals surface area contributed by atoms with Gasteiger partial charge in [-0.1, -0.05) is 0 Å². The zero-order valence-electron chi connectivity index (χ0n) is 10.4. The van der Waals surface area contributed by atoms with Gasteiger partial charge in [-0.2, -0.15) is 0 Å². The third-order valence-corrected chi connectivity index (χ3v) is 4.87. The largest absolute Gasteiger partial charge is 0.356 e. The molecule has 2 rings (SSSR count). The first-order valence-electron chi connectivity index (χ1n) is 6.42. The average molecular weight is 275 g/mol. The van der Waals surface area contributed by atoms with Crippen LogP contribution in [0, 0.1) is 11.3 Å². The lowest BCUT2D eigenvalue weighted by molar-refractivity contribution is -0.123. The van der Waals surface area contributed by atoms with E-state index in [2.05, 4.69) is 10.6 Å². The fourth-order valence-electron chi connectivity index (χ4n) is 2.80. The Labute approximate surface area is 108 Å². The van der Waals surface area contributed by atoms with Crippen LogP contribution in [-0.2, 0) is 14.8 Å². The fourth-order valence-corrected chi connectivity index (χ4v) is 3.35. The quantitative estimate of drug-likeness (QED) is 0.570. The fraction of sp³-hybridized carbons (Fsp3) is 0.909. The number of amides is 1. The molecule has 0 aromatic heterocycles. The lowest BCUT2D eigenvalue weighted by atomic mass is 9.92. The standard InChI is InChI=1S/C11H21N3O3S/c12-18(16,17)7-1-4-14-10(15)9-8-11(9)2-5-13-6-3-11/h9,13H,1-8H2,(H,14,15)(H2,12,16,17). The topological polar surface area (TPSA) is 101 Å². The summed E-state index contributed by atoms with van der Waals surface area (Å²) in [4.78, 5) is 11.9. The number of piperidine rings is 1. The number of hydrogen-bond donors (Lipinski definition) is 3. The first-order valence-corrected chi connectivity index (χ1v) is 8.13. The van der Waals surface area contributed by atoms with E-state index in [1.807, 2.05) is 0 Å². The second-order valence-corrected chi connectivity index (χ2v) is 7.11. The molecule has 6 nitrogen and oxygen atoms in total. The minimum absolute atomic E-state index is 0.0753. The summed E-state index contributed by atoms with van der Waals surface area (Å²) in [5.74, 6) is 0.132. The van der Waals surface area contributed by atoms with E-state index in [9.17, 15) is 13.2 Å². The van der Waals surface area contributed by atoms with Gasteiger partial charge >= 0.3 is 0 Å². The van der Waals surface area contributed by atoms with Crippen LogP contribution < -0.4 is 15.8 Å². The van der Waals surface area contributed by atoms with Gasteiger partial charge in [-0.05, 0) is 44.2 Å². The molecule has 1 heterocycles. The van der Waals surface area contributed by atoms with Crippen molar-refractivity contribution >= 4 is 15.9 Å². The first kappa shape index (κ1) is 13.8. The highest BCUT2D eigenvalue weighted by atomic mass is 32.2. The molecule has 7 heteroatoms. The van der Waals surface area contributed by atoms with Crippen LogP contribution in [0.25, 0.3) is 0 Å². The van der Waals surface area contributed by atoms with Crippen LogP contribution in [0.3, 0.4) is 0 Å². The number of primary sulfonamides is 1. The summed E-state index contributed by atoms with van der Waals surface area (Å²) in [5.41, 5.74) is 0.231. The van der Waals surface area contributed by atoms with Crippen molar-refractivity contribution in [3.8, 4) is 0 Å². The number of carbonyl (C=O) groups excluding carboxylic acids is 1. The molecule has 0 aromatic carbocycles. The minimum Gasteiger partial charge on any atom is -0.356 e. The van der Waals surface area contributed by atoms with Gasteiger partial charge in [0.1, 0.15) is 0 Å². The van der Waals surface area contributed by atoms with Gasteiger partial charge in [0, 0.05) is 12.5 Å². The molecule has 1 aliphatic carbocycles. The molecule has 2 aliphatic rings. The van der Waals surface area contributed by atoms with E-state index >= 15 is 0 Å². The number of nitrogens with two attached hydrogens (primary N) is 1. The number of carbonyl (C=O) groups is 1. The van der Waals surface area contributed by atoms with Gasteiger partial charge in [-0.15, -0.1) is 0 Å². The Morgan fingerprint density at radius 1 is 1.39 bits per heavy atom. The van der Waals surface area contributed by atoms with E-state index in [1.165, 1.54) is 0 Å². The van der Waals surface area contributed by atoms with Gasteiger partial charge in [0.15, 0.2) is 0 Å². The summed E-state index contributed by atoms with van der Waals surface area (Å²) in [7, 11) is -3.41. The predicted molar refractivity (Wildman–Crippen MR) is 68.2 cm³/mol. The Bertz CT molecular complexity index is 415. The normalized spacial score (nSPS) is 25.9. The zero-order chi connectivity index (χ0) is 13.2. The van der Waals surface area contributed by atoms with Gasteiger partial charge < -0.3 is 10.6 Å². The monoisotopic (exact) mass is 275 g/mol. The van der Waals surface area contributed by atoms with Gasteiger partial charge in [0.2, 0.25) is 15.9 Å². The molecule has 1 amide bonds. The van der Waals surface area contributed by atoms with Crippen molar-refractivity contribution in [2.24, 2.45) is 16.5 Å². The van der Waals surface area contributed by atoms with Gasteiger partial charge in [0.05, 0.1) is 5.75 Å². The lowest BCUT2D eigenvalue weighted by Gasteiger charge is -2.23. The summed E-state index contributed by atoms with van der Waals surface area (Å²) in [5, 5.41) is 11.0. The van der Waals surface area contributed by atoms with Crippen molar-refractivity contribution in [1.82, 2.24) is 10.6 Å². The van der Waals surface area contributed by atoms with E-state index in [0.717, 1.165) is 32.4 Å². The van der Waals surface area contributed by atoms with E-state index < -0.39 is 10.0 Å². The van der Waals surface area contributed by atoms with E-state index in [-0.39, 0.29) is 23.0 Å². The van der Waals surface area contributed by atoms with Crippen molar-refractivity contribution in [1.29, 1.82) is 0 Å². The molecule has 1 aliphatic heterocycles. The Morgan fingerprint density at radius 3 is 2.67 bits per heavy atom. The van der Waals surface area contributed by atoms with Crippen LogP contribution >= 0.6 is 0 Å². The highest BCUT2D eigenvalue weighted by Gasteiger charge is 2.57. The molecule has 1 saturated heterocycles. The third kappa shape index (κ3) is 3.43. The minimum atomic E-state index is -3.41. The smallest absolute Gasteiger partial charge is 0.223 e. The molecule has 2 fully saturated rings. The summed E-state index contributed by atoms with van der Waals surface area (Å²) in [6.45, 7) is 2.38. The average Bonchev–Trinajstić information content (AvgIpc) is 2.98. The second kappa shape index (κ2) is 5.14. The van der Waals surface area contributed by atoms with Crippen LogP contribution in [0.15, 0.2) is 0 Å². The Hall–Kier alpha value is -0.660. The molecular weight excluding hydrogens is 254 g/mol. The lowest BCUT2D eigenvalue weighted by Crippen LogP contribution is -2.34. The number of rotatable bonds is 5. The van der Waals surface area contributed by atoms with E-state index in [0.29, 0.717) is 13.0 Å². The summed E-state index contributed by atoms with van der Waals surface area (Å²) < 4.78 is 21.4. The number of nitrogens with one attached hydrogen (secondary N) is 2. The van der Waals surface area contributed by atoms with Crippen molar-refractivity contribution in [2.45, 2.75) is 25.7 Å². The van der Waals surface area contributed by atoms with Gasteiger partial charge in [-0.3, -0.25) is 4.79 Å². The number of hydrogen-bond acceptors (Lipinski definition) is 4. The highest BCUT2D eigenvalue weighted by molar-refractivity contribution is 7.89. The van der Waals surface area contributed by atoms with Gasteiger partial charge in [-0.25, -0.2) is 13.6 Å².